The number of carbonyl (C=O) groups is 2. The number of amides is 2. The SMILES string of the molecule is NC(=O)c1ccsc1NC(=O)c1ccc(NS(=O)(=O)c2ccccc2)cc1. The molecule has 0 radical (unpaired) electrons. The summed E-state index contributed by atoms with van der Waals surface area (Å²) in [5.41, 5.74) is 6.12. The summed E-state index contributed by atoms with van der Waals surface area (Å²) in [7, 11) is -3.70. The summed E-state index contributed by atoms with van der Waals surface area (Å²) in [6.07, 6.45) is 0. The van der Waals surface area contributed by atoms with E-state index in [1.807, 2.05) is 0 Å². The molecule has 0 spiro atoms. The molecule has 0 aliphatic heterocycles. The lowest BCUT2D eigenvalue weighted by Crippen LogP contribution is -2.16. The van der Waals surface area contributed by atoms with Crippen LogP contribution in [0.25, 0.3) is 0 Å². The number of primary amides is 1. The Morgan fingerprint density at radius 2 is 1.59 bits per heavy atom. The lowest BCUT2D eigenvalue weighted by molar-refractivity contribution is 0.100. The van der Waals surface area contributed by atoms with Crippen LogP contribution in [0.2, 0.25) is 0 Å². The Hall–Kier alpha value is -3.17. The van der Waals surface area contributed by atoms with E-state index in [0.29, 0.717) is 16.3 Å². The first kappa shape index (κ1) is 18.6. The average molecular weight is 401 g/mol. The Morgan fingerprint density at radius 1 is 0.926 bits per heavy atom. The molecule has 138 valence electrons. The minimum absolute atomic E-state index is 0.142. The second-order valence-electron chi connectivity index (χ2n) is 5.48. The number of benzene rings is 2. The highest BCUT2D eigenvalue weighted by atomic mass is 32.2. The third-order valence-corrected chi connectivity index (χ3v) is 5.84. The number of nitrogens with two attached hydrogens (primary N) is 1. The Balaban J connectivity index is 1.72. The predicted molar refractivity (Wildman–Crippen MR) is 104 cm³/mol. The maximum Gasteiger partial charge on any atom is 0.261 e. The zero-order valence-electron chi connectivity index (χ0n) is 13.9. The summed E-state index contributed by atoms with van der Waals surface area (Å²) in [4.78, 5) is 23.8. The number of rotatable bonds is 6. The molecule has 4 N–H and O–H groups in total. The van der Waals surface area contributed by atoms with E-state index in [9.17, 15) is 18.0 Å². The van der Waals surface area contributed by atoms with E-state index in [1.54, 1.807) is 23.6 Å². The van der Waals surface area contributed by atoms with Gasteiger partial charge >= 0.3 is 0 Å². The van der Waals surface area contributed by atoms with Gasteiger partial charge in [-0.1, -0.05) is 18.2 Å². The van der Waals surface area contributed by atoms with Crippen molar-refractivity contribution in [2.24, 2.45) is 5.73 Å². The topological polar surface area (TPSA) is 118 Å². The van der Waals surface area contributed by atoms with Crippen molar-refractivity contribution in [3.8, 4) is 0 Å². The fourth-order valence-electron chi connectivity index (χ4n) is 2.28. The van der Waals surface area contributed by atoms with Gasteiger partial charge in [-0.2, -0.15) is 0 Å². The largest absolute Gasteiger partial charge is 0.366 e. The molecule has 3 aromatic rings. The molecule has 0 fully saturated rings. The molecule has 2 amide bonds. The van der Waals surface area contributed by atoms with Crippen LogP contribution in [-0.4, -0.2) is 20.2 Å². The van der Waals surface area contributed by atoms with Crippen LogP contribution in [0.3, 0.4) is 0 Å². The van der Waals surface area contributed by atoms with Gasteiger partial charge in [-0.05, 0) is 47.8 Å². The van der Waals surface area contributed by atoms with Gasteiger partial charge in [0.25, 0.3) is 21.8 Å². The van der Waals surface area contributed by atoms with Crippen LogP contribution in [0, 0.1) is 0 Å². The first-order chi connectivity index (χ1) is 12.9. The first-order valence-corrected chi connectivity index (χ1v) is 10.1. The molecule has 0 saturated heterocycles. The number of anilines is 2. The molecule has 0 bridgehead atoms. The highest BCUT2D eigenvalue weighted by Gasteiger charge is 2.15. The number of hydrogen-bond acceptors (Lipinski definition) is 5. The highest BCUT2D eigenvalue weighted by molar-refractivity contribution is 7.92. The lowest BCUT2D eigenvalue weighted by Gasteiger charge is -2.09. The molecular weight excluding hydrogens is 386 g/mol. The van der Waals surface area contributed by atoms with Crippen molar-refractivity contribution in [2.45, 2.75) is 4.90 Å². The predicted octanol–water partition coefficient (Wildman–Crippen LogP) is 2.90. The minimum atomic E-state index is -3.70. The fraction of sp³-hybridized carbons (Fsp3) is 0. The standard InChI is InChI=1S/C18H15N3O4S2/c19-16(22)15-10-11-26-18(15)20-17(23)12-6-8-13(9-7-12)21-27(24,25)14-4-2-1-3-5-14/h1-11,21H,(H2,19,22)(H,20,23). The molecule has 1 aromatic heterocycles. The summed E-state index contributed by atoms with van der Waals surface area (Å²) >= 11 is 1.19. The summed E-state index contributed by atoms with van der Waals surface area (Å²) in [6, 6.07) is 15.4. The highest BCUT2D eigenvalue weighted by Crippen LogP contribution is 2.24. The number of hydrogen-bond donors (Lipinski definition) is 3. The Morgan fingerprint density at radius 3 is 2.22 bits per heavy atom. The normalized spacial score (nSPS) is 11.0. The molecule has 9 heteroatoms. The summed E-state index contributed by atoms with van der Waals surface area (Å²) in [6.45, 7) is 0. The maximum absolute atomic E-state index is 12.3. The van der Waals surface area contributed by atoms with Crippen molar-refractivity contribution >= 4 is 43.9 Å². The van der Waals surface area contributed by atoms with E-state index in [-0.39, 0.29) is 10.5 Å². The first-order valence-electron chi connectivity index (χ1n) is 7.73. The maximum atomic E-state index is 12.3. The average Bonchev–Trinajstić information content (AvgIpc) is 3.11. The fourth-order valence-corrected chi connectivity index (χ4v) is 4.15. The van der Waals surface area contributed by atoms with Crippen LogP contribution in [0.4, 0.5) is 10.7 Å². The van der Waals surface area contributed by atoms with Gasteiger partial charge in [0.1, 0.15) is 5.00 Å². The van der Waals surface area contributed by atoms with Crippen LogP contribution in [0.15, 0.2) is 70.9 Å². The number of thiophene rings is 1. The molecule has 0 aliphatic carbocycles. The Kier molecular flexibility index (Phi) is 5.24. The number of nitrogens with one attached hydrogen (secondary N) is 2. The quantitative estimate of drug-likeness (QED) is 0.588. The van der Waals surface area contributed by atoms with Crippen LogP contribution in [0.1, 0.15) is 20.7 Å². The van der Waals surface area contributed by atoms with E-state index in [0.717, 1.165) is 0 Å². The molecule has 7 nitrogen and oxygen atoms in total. The van der Waals surface area contributed by atoms with Gasteiger partial charge in [-0.25, -0.2) is 8.42 Å². The van der Waals surface area contributed by atoms with Gasteiger partial charge in [0.15, 0.2) is 0 Å². The molecule has 3 rings (SSSR count). The molecule has 0 unspecified atom stereocenters. The summed E-state index contributed by atoms with van der Waals surface area (Å²) in [5, 5.41) is 4.63. The Bertz CT molecular complexity index is 1080. The van der Waals surface area contributed by atoms with E-state index in [4.69, 9.17) is 5.73 Å². The van der Waals surface area contributed by atoms with Crippen molar-refractivity contribution in [1.82, 2.24) is 0 Å². The van der Waals surface area contributed by atoms with E-state index < -0.39 is 21.8 Å². The van der Waals surface area contributed by atoms with Gasteiger partial charge < -0.3 is 11.1 Å². The summed E-state index contributed by atoms with van der Waals surface area (Å²) in [5.74, 6) is -1.06. The number of carbonyl (C=O) groups excluding carboxylic acids is 2. The summed E-state index contributed by atoms with van der Waals surface area (Å²) < 4.78 is 27.1. The third kappa shape index (κ3) is 4.33. The van der Waals surface area contributed by atoms with Crippen LogP contribution in [-0.2, 0) is 10.0 Å². The molecule has 0 aliphatic rings. The second kappa shape index (κ2) is 7.60. The van der Waals surface area contributed by atoms with Crippen molar-refractivity contribution in [3.63, 3.8) is 0 Å². The molecular formula is C18H15N3O4S2. The van der Waals surface area contributed by atoms with Crippen LogP contribution in [0.5, 0.6) is 0 Å². The van der Waals surface area contributed by atoms with Crippen molar-refractivity contribution < 1.29 is 18.0 Å². The Labute approximate surface area is 159 Å². The zero-order valence-corrected chi connectivity index (χ0v) is 15.5. The minimum Gasteiger partial charge on any atom is -0.366 e. The van der Waals surface area contributed by atoms with Gasteiger partial charge in [0.05, 0.1) is 10.5 Å². The van der Waals surface area contributed by atoms with Gasteiger partial charge in [-0.15, -0.1) is 11.3 Å². The van der Waals surface area contributed by atoms with E-state index in [1.165, 1.54) is 53.8 Å². The van der Waals surface area contributed by atoms with Crippen LogP contribution >= 0.6 is 11.3 Å². The number of sulfonamides is 1. The van der Waals surface area contributed by atoms with Gasteiger partial charge in [0.2, 0.25) is 0 Å². The molecule has 1 heterocycles. The molecule has 27 heavy (non-hydrogen) atoms. The lowest BCUT2D eigenvalue weighted by atomic mass is 10.2. The van der Waals surface area contributed by atoms with E-state index in [2.05, 4.69) is 10.0 Å². The second-order valence-corrected chi connectivity index (χ2v) is 8.08. The third-order valence-electron chi connectivity index (χ3n) is 3.61. The molecule has 0 saturated carbocycles. The monoisotopic (exact) mass is 401 g/mol. The smallest absolute Gasteiger partial charge is 0.261 e. The van der Waals surface area contributed by atoms with Gasteiger partial charge in [0, 0.05) is 11.3 Å². The van der Waals surface area contributed by atoms with Crippen molar-refractivity contribution in [3.05, 3.63) is 77.2 Å². The zero-order chi connectivity index (χ0) is 19.4. The van der Waals surface area contributed by atoms with Crippen molar-refractivity contribution in [1.29, 1.82) is 0 Å². The molecule has 0 atom stereocenters. The van der Waals surface area contributed by atoms with Crippen molar-refractivity contribution in [2.75, 3.05) is 10.0 Å². The molecule has 2 aromatic carbocycles. The van der Waals surface area contributed by atoms with Crippen LogP contribution < -0.4 is 15.8 Å². The van der Waals surface area contributed by atoms with Gasteiger partial charge in [-0.3, -0.25) is 14.3 Å². The van der Waals surface area contributed by atoms with E-state index >= 15 is 0 Å².